The third kappa shape index (κ3) is 3.50. The number of benzene rings is 2. The van der Waals surface area contributed by atoms with Crippen LogP contribution in [0.15, 0.2) is 53.0 Å². The van der Waals surface area contributed by atoms with E-state index in [1.165, 1.54) is 11.3 Å². The molecule has 0 radical (unpaired) electrons. The molecule has 0 aliphatic carbocycles. The predicted octanol–water partition coefficient (Wildman–Crippen LogP) is 4.13. The van der Waals surface area contributed by atoms with E-state index < -0.39 is 0 Å². The largest absolute Gasteiger partial charge is 0.381 e. The molecule has 0 bridgehead atoms. The van der Waals surface area contributed by atoms with E-state index in [1.54, 1.807) is 0 Å². The van der Waals surface area contributed by atoms with E-state index in [0.29, 0.717) is 0 Å². The number of hydrogen-bond acceptors (Lipinski definition) is 2. The summed E-state index contributed by atoms with van der Waals surface area (Å²) in [5.41, 5.74) is 3.63. The SMILES string of the molecule is CN(C)c1ccc(CNc2cccc(Br)c2)cc1. The quantitative estimate of drug-likeness (QED) is 0.914. The Balaban J connectivity index is 1.98. The topological polar surface area (TPSA) is 15.3 Å². The normalized spacial score (nSPS) is 10.2. The van der Waals surface area contributed by atoms with Gasteiger partial charge in [0.15, 0.2) is 0 Å². The van der Waals surface area contributed by atoms with Crippen LogP contribution >= 0.6 is 15.9 Å². The highest BCUT2D eigenvalue weighted by Crippen LogP contribution is 2.17. The Bertz CT molecular complexity index is 506. The van der Waals surface area contributed by atoms with Gasteiger partial charge in [-0.2, -0.15) is 0 Å². The maximum atomic E-state index is 3.47. The van der Waals surface area contributed by atoms with Gasteiger partial charge in [0, 0.05) is 36.5 Å². The molecule has 0 saturated heterocycles. The summed E-state index contributed by atoms with van der Waals surface area (Å²) >= 11 is 3.47. The lowest BCUT2D eigenvalue weighted by Gasteiger charge is -2.13. The second-order valence-corrected chi connectivity index (χ2v) is 5.34. The van der Waals surface area contributed by atoms with E-state index >= 15 is 0 Å². The van der Waals surface area contributed by atoms with E-state index in [0.717, 1.165) is 16.7 Å². The summed E-state index contributed by atoms with van der Waals surface area (Å²) in [6.45, 7) is 0.837. The average Bonchev–Trinajstić information content (AvgIpc) is 2.37. The van der Waals surface area contributed by atoms with Gasteiger partial charge in [-0.25, -0.2) is 0 Å². The zero-order valence-electron chi connectivity index (χ0n) is 10.7. The van der Waals surface area contributed by atoms with Crippen LogP contribution in [0.5, 0.6) is 0 Å². The van der Waals surface area contributed by atoms with Crippen LogP contribution in [0.2, 0.25) is 0 Å². The highest BCUT2D eigenvalue weighted by Gasteiger charge is 1.97. The first kappa shape index (κ1) is 13.0. The van der Waals surface area contributed by atoms with E-state index in [4.69, 9.17) is 0 Å². The van der Waals surface area contributed by atoms with Crippen molar-refractivity contribution in [3.05, 3.63) is 58.6 Å². The van der Waals surface area contributed by atoms with E-state index in [-0.39, 0.29) is 0 Å². The zero-order valence-corrected chi connectivity index (χ0v) is 12.2. The number of halogens is 1. The van der Waals surface area contributed by atoms with Gasteiger partial charge in [-0.1, -0.05) is 34.1 Å². The molecular weight excluding hydrogens is 288 g/mol. The summed E-state index contributed by atoms with van der Waals surface area (Å²) in [7, 11) is 4.10. The molecule has 2 rings (SSSR count). The monoisotopic (exact) mass is 304 g/mol. The molecule has 2 aromatic carbocycles. The molecule has 1 N–H and O–H groups in total. The van der Waals surface area contributed by atoms with E-state index in [1.807, 2.05) is 12.1 Å². The first-order valence-corrected chi connectivity index (χ1v) is 6.70. The average molecular weight is 305 g/mol. The van der Waals surface area contributed by atoms with Crippen molar-refractivity contribution in [2.45, 2.75) is 6.54 Å². The molecule has 0 atom stereocenters. The molecule has 0 aliphatic heterocycles. The Morgan fingerprint density at radius 1 is 1.06 bits per heavy atom. The van der Waals surface area contributed by atoms with Crippen molar-refractivity contribution in [2.75, 3.05) is 24.3 Å². The van der Waals surface area contributed by atoms with Crippen molar-refractivity contribution in [1.82, 2.24) is 0 Å². The Labute approximate surface area is 117 Å². The Morgan fingerprint density at radius 3 is 2.39 bits per heavy atom. The first-order chi connectivity index (χ1) is 8.65. The molecule has 0 amide bonds. The minimum Gasteiger partial charge on any atom is -0.381 e. The van der Waals surface area contributed by atoms with Crippen molar-refractivity contribution >= 4 is 27.3 Å². The van der Waals surface area contributed by atoms with Crippen LogP contribution in [0, 0.1) is 0 Å². The maximum Gasteiger partial charge on any atom is 0.0400 e. The molecule has 0 spiro atoms. The molecule has 3 heteroatoms. The van der Waals surface area contributed by atoms with Crippen molar-refractivity contribution in [2.24, 2.45) is 0 Å². The summed E-state index contributed by atoms with van der Waals surface area (Å²) in [4.78, 5) is 2.10. The van der Waals surface area contributed by atoms with Gasteiger partial charge in [0.05, 0.1) is 0 Å². The fourth-order valence-corrected chi connectivity index (χ4v) is 2.11. The first-order valence-electron chi connectivity index (χ1n) is 5.91. The predicted molar refractivity (Wildman–Crippen MR) is 82.2 cm³/mol. The molecule has 0 aliphatic rings. The smallest absolute Gasteiger partial charge is 0.0400 e. The maximum absolute atomic E-state index is 3.47. The molecule has 0 aromatic heterocycles. The van der Waals surface area contributed by atoms with Gasteiger partial charge in [-0.3, -0.25) is 0 Å². The van der Waals surface area contributed by atoms with Crippen LogP contribution in [0.25, 0.3) is 0 Å². The number of rotatable bonds is 4. The summed E-state index contributed by atoms with van der Waals surface area (Å²) in [6.07, 6.45) is 0. The summed E-state index contributed by atoms with van der Waals surface area (Å²) < 4.78 is 1.09. The molecule has 0 fully saturated rings. The molecule has 2 nitrogen and oxygen atoms in total. The number of nitrogens with one attached hydrogen (secondary N) is 1. The summed E-state index contributed by atoms with van der Waals surface area (Å²) in [6, 6.07) is 16.8. The van der Waals surface area contributed by atoms with Crippen LogP contribution < -0.4 is 10.2 Å². The molecule has 2 aromatic rings. The van der Waals surface area contributed by atoms with E-state index in [9.17, 15) is 0 Å². The number of hydrogen-bond donors (Lipinski definition) is 1. The lowest BCUT2D eigenvalue weighted by molar-refractivity contribution is 1.11. The molecular formula is C15H17BrN2. The minimum absolute atomic E-state index is 0.837. The highest BCUT2D eigenvalue weighted by molar-refractivity contribution is 9.10. The molecule has 18 heavy (non-hydrogen) atoms. The second-order valence-electron chi connectivity index (χ2n) is 4.42. The van der Waals surface area contributed by atoms with E-state index in [2.05, 4.69) is 76.6 Å². The molecule has 0 saturated carbocycles. The minimum atomic E-state index is 0.837. The van der Waals surface area contributed by atoms with Crippen molar-refractivity contribution < 1.29 is 0 Å². The van der Waals surface area contributed by atoms with Gasteiger partial charge >= 0.3 is 0 Å². The number of nitrogens with zero attached hydrogens (tertiary/aromatic N) is 1. The van der Waals surface area contributed by atoms with Crippen LogP contribution in [0.3, 0.4) is 0 Å². The lowest BCUT2D eigenvalue weighted by atomic mass is 10.2. The van der Waals surface area contributed by atoms with Gasteiger partial charge in [0.1, 0.15) is 0 Å². The zero-order chi connectivity index (χ0) is 13.0. The Morgan fingerprint density at radius 2 is 1.78 bits per heavy atom. The van der Waals surface area contributed by atoms with Crippen LogP contribution in [0.4, 0.5) is 11.4 Å². The van der Waals surface area contributed by atoms with Crippen molar-refractivity contribution in [3.8, 4) is 0 Å². The third-order valence-electron chi connectivity index (χ3n) is 2.77. The van der Waals surface area contributed by atoms with Gasteiger partial charge in [0.2, 0.25) is 0 Å². The van der Waals surface area contributed by atoms with Gasteiger partial charge in [0.25, 0.3) is 0 Å². The Hall–Kier alpha value is -1.48. The van der Waals surface area contributed by atoms with Gasteiger partial charge < -0.3 is 10.2 Å². The van der Waals surface area contributed by atoms with Crippen LogP contribution in [-0.4, -0.2) is 14.1 Å². The molecule has 94 valence electrons. The van der Waals surface area contributed by atoms with Gasteiger partial charge in [-0.05, 0) is 35.9 Å². The Kier molecular flexibility index (Phi) is 4.26. The van der Waals surface area contributed by atoms with Crippen molar-refractivity contribution in [3.63, 3.8) is 0 Å². The molecule has 0 heterocycles. The second kappa shape index (κ2) is 5.91. The standard InChI is InChI=1S/C15H17BrN2/c1-18(2)15-8-6-12(7-9-15)11-17-14-5-3-4-13(16)10-14/h3-10,17H,11H2,1-2H3. The van der Waals surface area contributed by atoms with Gasteiger partial charge in [-0.15, -0.1) is 0 Å². The summed E-state index contributed by atoms with van der Waals surface area (Å²) in [5.74, 6) is 0. The van der Waals surface area contributed by atoms with Crippen molar-refractivity contribution in [1.29, 1.82) is 0 Å². The van der Waals surface area contributed by atoms with Crippen LogP contribution in [-0.2, 0) is 6.54 Å². The third-order valence-corrected chi connectivity index (χ3v) is 3.27. The molecule has 0 unspecified atom stereocenters. The fourth-order valence-electron chi connectivity index (χ4n) is 1.71. The highest BCUT2D eigenvalue weighted by atomic mass is 79.9. The summed E-state index contributed by atoms with van der Waals surface area (Å²) in [5, 5.41) is 3.41. The fraction of sp³-hybridized carbons (Fsp3) is 0.200. The van der Waals surface area contributed by atoms with Crippen LogP contribution in [0.1, 0.15) is 5.56 Å². The lowest BCUT2D eigenvalue weighted by Crippen LogP contribution is -2.08. The number of anilines is 2.